The van der Waals surface area contributed by atoms with Crippen LogP contribution in [0.5, 0.6) is 5.88 Å². The predicted molar refractivity (Wildman–Crippen MR) is 141 cm³/mol. The molecule has 2 aliphatic rings. The monoisotopic (exact) mass is 522 g/mol. The van der Waals surface area contributed by atoms with Crippen LogP contribution in [0.4, 0.5) is 10.2 Å². The Kier molecular flexibility index (Phi) is 6.41. The highest BCUT2D eigenvalue weighted by Crippen LogP contribution is 2.54. The molecule has 202 valence electrons. The van der Waals surface area contributed by atoms with Crippen LogP contribution in [0, 0.1) is 18.2 Å². The van der Waals surface area contributed by atoms with Crippen molar-refractivity contribution in [3.05, 3.63) is 53.5 Å². The SMILES string of the molecule is COc1cc([C@@H](C)C(=O)N2C[C@@H](Nc3ccc(-c4cn(C)c(C(C)(C)O)n4)c(C)n3)C3(CC3)C2)c(F)cn1. The number of nitrogens with zero attached hydrogens (tertiary/aromatic N) is 5. The van der Waals surface area contributed by atoms with E-state index in [1.165, 1.54) is 13.2 Å². The lowest BCUT2D eigenvalue weighted by atomic mass is 10.00. The molecule has 0 aromatic carbocycles. The highest BCUT2D eigenvalue weighted by molar-refractivity contribution is 5.84. The van der Waals surface area contributed by atoms with Gasteiger partial charge in [0.05, 0.1) is 31.0 Å². The van der Waals surface area contributed by atoms with Gasteiger partial charge in [0.15, 0.2) is 0 Å². The zero-order valence-corrected chi connectivity index (χ0v) is 22.7. The number of aliphatic hydroxyl groups is 1. The summed E-state index contributed by atoms with van der Waals surface area (Å²) in [5.41, 5.74) is 1.73. The minimum atomic E-state index is -1.05. The van der Waals surface area contributed by atoms with Gasteiger partial charge in [-0.1, -0.05) is 0 Å². The van der Waals surface area contributed by atoms with Crippen LogP contribution >= 0.6 is 0 Å². The van der Waals surface area contributed by atoms with Gasteiger partial charge >= 0.3 is 0 Å². The minimum Gasteiger partial charge on any atom is -0.481 e. The maximum atomic E-state index is 14.5. The van der Waals surface area contributed by atoms with E-state index in [2.05, 4.69) is 15.3 Å². The predicted octanol–water partition coefficient (Wildman–Crippen LogP) is 3.77. The molecule has 0 bridgehead atoms. The van der Waals surface area contributed by atoms with Gasteiger partial charge in [0.25, 0.3) is 0 Å². The van der Waals surface area contributed by atoms with Gasteiger partial charge < -0.3 is 24.6 Å². The first-order valence-electron chi connectivity index (χ1n) is 12.9. The lowest BCUT2D eigenvalue weighted by Crippen LogP contribution is -2.34. The van der Waals surface area contributed by atoms with Crippen molar-refractivity contribution in [3.63, 3.8) is 0 Å². The summed E-state index contributed by atoms with van der Waals surface area (Å²) in [6, 6.07) is 5.48. The van der Waals surface area contributed by atoms with Crippen molar-refractivity contribution >= 4 is 11.7 Å². The lowest BCUT2D eigenvalue weighted by Gasteiger charge is -2.22. The second kappa shape index (κ2) is 9.34. The van der Waals surface area contributed by atoms with E-state index in [9.17, 15) is 14.3 Å². The van der Waals surface area contributed by atoms with Gasteiger partial charge in [-0.15, -0.1) is 0 Å². The van der Waals surface area contributed by atoms with Gasteiger partial charge in [-0.3, -0.25) is 4.79 Å². The number of pyridine rings is 2. The van der Waals surface area contributed by atoms with Crippen LogP contribution in [-0.4, -0.2) is 61.7 Å². The molecule has 0 radical (unpaired) electrons. The van der Waals surface area contributed by atoms with E-state index in [0.29, 0.717) is 24.5 Å². The fraction of sp³-hybridized carbons (Fsp3) is 0.500. The van der Waals surface area contributed by atoms with Crippen LogP contribution < -0.4 is 10.1 Å². The van der Waals surface area contributed by atoms with Gasteiger partial charge in [-0.2, -0.15) is 0 Å². The standard InChI is InChI=1S/C28H35FN6O3/c1-16(19-11-24(38-6)30-12-20(19)29)25(36)35-14-22(28(15-35)9-10-28)33-23-8-7-18(17(2)31-23)21-13-34(5)26(32-21)27(3,4)37/h7-8,11-13,16,22,37H,9-10,14-15H2,1-6H3,(H,31,33)/t16-,22-/m1/s1. The Morgan fingerprint density at radius 1 is 1.32 bits per heavy atom. The van der Waals surface area contributed by atoms with Crippen molar-refractivity contribution in [1.29, 1.82) is 0 Å². The summed E-state index contributed by atoms with van der Waals surface area (Å²) >= 11 is 0. The molecule has 3 aromatic heterocycles. The molecule has 2 N–H and O–H groups in total. The van der Waals surface area contributed by atoms with Crippen LogP contribution in [0.1, 0.15) is 56.6 Å². The number of halogens is 1. The van der Waals surface area contributed by atoms with Crippen molar-refractivity contribution in [2.45, 2.75) is 58.1 Å². The second-order valence-corrected chi connectivity index (χ2v) is 11.2. The van der Waals surface area contributed by atoms with Crippen LogP contribution in [0.3, 0.4) is 0 Å². The number of carbonyl (C=O) groups is 1. The maximum Gasteiger partial charge on any atom is 0.230 e. The molecule has 1 aliphatic heterocycles. The largest absolute Gasteiger partial charge is 0.481 e. The average Bonchev–Trinajstić information content (AvgIpc) is 3.40. The highest BCUT2D eigenvalue weighted by atomic mass is 19.1. The molecule has 1 amide bonds. The normalized spacial score (nSPS) is 19.1. The van der Waals surface area contributed by atoms with E-state index in [-0.39, 0.29) is 23.2 Å². The number of hydrogen-bond donors (Lipinski definition) is 2. The van der Waals surface area contributed by atoms with Crippen LogP contribution in [-0.2, 0) is 17.4 Å². The fourth-order valence-electron chi connectivity index (χ4n) is 5.54. The number of imidazole rings is 1. The molecule has 38 heavy (non-hydrogen) atoms. The number of anilines is 1. The van der Waals surface area contributed by atoms with Gasteiger partial charge in [-0.05, 0) is 52.7 Å². The van der Waals surface area contributed by atoms with Gasteiger partial charge in [0.2, 0.25) is 11.8 Å². The Bertz CT molecular complexity index is 1380. The van der Waals surface area contributed by atoms with Crippen molar-refractivity contribution in [3.8, 4) is 17.1 Å². The third-order valence-electron chi connectivity index (χ3n) is 7.87. The van der Waals surface area contributed by atoms with E-state index < -0.39 is 17.3 Å². The Morgan fingerprint density at radius 3 is 2.66 bits per heavy atom. The molecule has 1 saturated carbocycles. The van der Waals surface area contributed by atoms with E-state index >= 15 is 0 Å². The number of nitrogens with one attached hydrogen (secondary N) is 1. The van der Waals surface area contributed by atoms with E-state index in [1.807, 2.05) is 41.8 Å². The Balaban J connectivity index is 1.31. The number of carbonyl (C=O) groups excluding carboxylic acids is 1. The quantitative estimate of drug-likeness (QED) is 0.487. The zero-order chi connectivity index (χ0) is 27.4. The number of hydrogen-bond acceptors (Lipinski definition) is 7. The molecule has 1 aliphatic carbocycles. The second-order valence-electron chi connectivity index (χ2n) is 11.2. The molecule has 2 atom stereocenters. The number of rotatable bonds is 7. The number of ether oxygens (including phenoxy) is 1. The Labute approximate surface area is 222 Å². The summed E-state index contributed by atoms with van der Waals surface area (Å²) in [6.07, 6.45) is 5.06. The molecule has 2 fully saturated rings. The average molecular weight is 523 g/mol. The number of amides is 1. The van der Waals surface area contributed by atoms with E-state index in [0.717, 1.165) is 41.8 Å². The van der Waals surface area contributed by atoms with Crippen molar-refractivity contribution < 1.29 is 19.0 Å². The van der Waals surface area contributed by atoms with Crippen LogP contribution in [0.25, 0.3) is 11.3 Å². The molecule has 9 nitrogen and oxygen atoms in total. The van der Waals surface area contributed by atoms with Crippen LogP contribution in [0.15, 0.2) is 30.6 Å². The fourth-order valence-corrected chi connectivity index (χ4v) is 5.54. The number of likely N-dealkylation sites (tertiary alicyclic amines) is 1. The summed E-state index contributed by atoms with van der Waals surface area (Å²) in [4.78, 5) is 28.5. The lowest BCUT2D eigenvalue weighted by molar-refractivity contribution is -0.131. The number of aromatic nitrogens is 4. The van der Waals surface area contributed by atoms with Crippen molar-refractivity contribution in [2.75, 3.05) is 25.5 Å². The zero-order valence-electron chi connectivity index (χ0n) is 22.7. The van der Waals surface area contributed by atoms with E-state index in [4.69, 9.17) is 9.72 Å². The van der Waals surface area contributed by atoms with Crippen LogP contribution in [0.2, 0.25) is 0 Å². The summed E-state index contributed by atoms with van der Waals surface area (Å²) in [5, 5.41) is 14.0. The highest BCUT2D eigenvalue weighted by Gasteiger charge is 2.56. The minimum absolute atomic E-state index is 0.0146. The summed E-state index contributed by atoms with van der Waals surface area (Å²) in [5.74, 6) is 0.350. The van der Waals surface area contributed by atoms with Crippen molar-refractivity contribution in [1.82, 2.24) is 24.4 Å². The molecular weight excluding hydrogens is 487 g/mol. The Morgan fingerprint density at radius 2 is 2.05 bits per heavy atom. The smallest absolute Gasteiger partial charge is 0.230 e. The topological polar surface area (TPSA) is 105 Å². The van der Waals surface area contributed by atoms with Gasteiger partial charge in [-0.25, -0.2) is 19.3 Å². The molecule has 1 saturated heterocycles. The third kappa shape index (κ3) is 4.73. The summed E-state index contributed by atoms with van der Waals surface area (Å²) < 4.78 is 21.4. The molecule has 0 unspecified atom stereocenters. The van der Waals surface area contributed by atoms with Gasteiger partial charge in [0.1, 0.15) is 23.1 Å². The first-order valence-corrected chi connectivity index (χ1v) is 12.9. The summed E-state index contributed by atoms with van der Waals surface area (Å²) in [7, 11) is 3.33. The maximum absolute atomic E-state index is 14.5. The first-order chi connectivity index (χ1) is 17.9. The summed E-state index contributed by atoms with van der Waals surface area (Å²) in [6.45, 7) is 8.27. The molecular formula is C28H35FN6O3. The Hall–Kier alpha value is -3.53. The first kappa shape index (κ1) is 26.1. The van der Waals surface area contributed by atoms with Gasteiger partial charge in [0, 0.05) is 54.6 Å². The number of methoxy groups -OCH3 is 1. The number of aryl methyl sites for hydroxylation is 2. The van der Waals surface area contributed by atoms with E-state index in [1.54, 1.807) is 20.8 Å². The molecule has 1 spiro atoms. The molecule has 4 heterocycles. The third-order valence-corrected chi connectivity index (χ3v) is 7.87. The molecule has 5 rings (SSSR count). The van der Waals surface area contributed by atoms with Crippen molar-refractivity contribution in [2.24, 2.45) is 12.5 Å². The molecule has 10 heteroatoms. The molecule has 3 aromatic rings.